The van der Waals surface area contributed by atoms with Crippen LogP contribution in [0.1, 0.15) is 92.2 Å². The highest BCUT2D eigenvalue weighted by Gasteiger charge is 2.26. The lowest BCUT2D eigenvalue weighted by molar-refractivity contribution is 0.296. The summed E-state index contributed by atoms with van der Waals surface area (Å²) >= 11 is 5.30. The molecule has 1 aromatic carbocycles. The molecule has 0 saturated carbocycles. The molecule has 0 bridgehead atoms. The molecule has 0 atom stereocenters. The molecule has 4 heteroatoms. The summed E-state index contributed by atoms with van der Waals surface area (Å²) in [6.07, 6.45) is 4.26. The first-order valence-corrected chi connectivity index (χ1v) is 11.7. The minimum Gasteiger partial charge on any atom is -0.493 e. The fourth-order valence-corrected chi connectivity index (χ4v) is 3.16. The molecule has 2 N–H and O–H groups in total. The van der Waals surface area contributed by atoms with Crippen LogP contribution in [0.2, 0.25) is 0 Å². The molecule has 0 aliphatic heterocycles. The molecule has 0 saturated heterocycles. The third-order valence-corrected chi connectivity index (χ3v) is 6.33. The van der Waals surface area contributed by atoms with E-state index in [0.717, 1.165) is 56.2 Å². The van der Waals surface area contributed by atoms with E-state index in [4.69, 9.17) is 17.0 Å². The molecule has 0 aliphatic rings. The first-order chi connectivity index (χ1) is 13.5. The molecule has 3 nitrogen and oxygen atoms in total. The Balaban J connectivity index is 2.62. The molecule has 1 rings (SSSR count). The van der Waals surface area contributed by atoms with Crippen molar-refractivity contribution >= 4 is 17.3 Å². The highest BCUT2D eigenvalue weighted by atomic mass is 32.1. The summed E-state index contributed by atoms with van der Waals surface area (Å²) < 4.78 is 6.24. The van der Waals surface area contributed by atoms with Crippen LogP contribution in [0.25, 0.3) is 0 Å². The second-order valence-electron chi connectivity index (χ2n) is 9.77. The van der Waals surface area contributed by atoms with Crippen molar-refractivity contribution in [1.29, 1.82) is 0 Å². The van der Waals surface area contributed by atoms with Crippen LogP contribution in [0.5, 0.6) is 5.75 Å². The molecule has 0 aliphatic carbocycles. The maximum Gasteiger partial charge on any atom is 0.166 e. The lowest BCUT2D eigenvalue weighted by atomic mass is 9.76. The predicted octanol–water partition coefficient (Wildman–Crippen LogP) is 6.34. The fourth-order valence-electron chi connectivity index (χ4n) is 2.97. The second-order valence-corrected chi connectivity index (χ2v) is 10.2. The fraction of sp³-hybridized carbons (Fsp3) is 0.720. The smallest absolute Gasteiger partial charge is 0.166 e. The third-order valence-electron chi connectivity index (χ3n) is 6.04. The van der Waals surface area contributed by atoms with Crippen LogP contribution in [0.3, 0.4) is 0 Å². The van der Waals surface area contributed by atoms with E-state index < -0.39 is 0 Å². The molecule has 0 unspecified atom stereocenters. The molecule has 1 aromatic rings. The van der Waals surface area contributed by atoms with Crippen LogP contribution >= 0.6 is 12.2 Å². The van der Waals surface area contributed by atoms with Gasteiger partial charge in [0.05, 0.1) is 6.61 Å². The van der Waals surface area contributed by atoms with E-state index in [2.05, 4.69) is 84.2 Å². The Hall–Kier alpha value is -1.29. The number of benzene rings is 1. The van der Waals surface area contributed by atoms with Crippen molar-refractivity contribution in [3.8, 4) is 5.75 Å². The molecule has 29 heavy (non-hydrogen) atoms. The molecular formula is C25H44N2OS. The van der Waals surface area contributed by atoms with Gasteiger partial charge in [0.25, 0.3) is 0 Å². The van der Waals surface area contributed by atoms with Gasteiger partial charge in [-0.3, -0.25) is 0 Å². The lowest BCUT2D eigenvalue weighted by Crippen LogP contribution is -2.37. The van der Waals surface area contributed by atoms with Crippen molar-refractivity contribution < 1.29 is 4.74 Å². The molecule has 0 heterocycles. The first-order valence-electron chi connectivity index (χ1n) is 11.3. The Morgan fingerprint density at radius 3 is 2.24 bits per heavy atom. The lowest BCUT2D eigenvalue weighted by Gasteiger charge is -2.30. The average molecular weight is 421 g/mol. The zero-order valence-electron chi connectivity index (χ0n) is 20.1. The van der Waals surface area contributed by atoms with Crippen LogP contribution in [0, 0.1) is 5.92 Å². The number of nitrogens with one attached hydrogen (secondary N) is 2. The average Bonchev–Trinajstić information content (AvgIpc) is 2.68. The normalized spacial score (nSPS) is 12.2. The van der Waals surface area contributed by atoms with Crippen molar-refractivity contribution in [2.45, 2.75) is 91.9 Å². The predicted molar refractivity (Wildman–Crippen MR) is 131 cm³/mol. The van der Waals surface area contributed by atoms with E-state index in [1.807, 2.05) is 0 Å². The van der Waals surface area contributed by atoms with Gasteiger partial charge in [-0.2, -0.15) is 0 Å². The maximum atomic E-state index is 6.24. The topological polar surface area (TPSA) is 33.3 Å². The molecular weight excluding hydrogens is 376 g/mol. The Morgan fingerprint density at radius 2 is 1.66 bits per heavy atom. The van der Waals surface area contributed by atoms with E-state index >= 15 is 0 Å². The largest absolute Gasteiger partial charge is 0.493 e. The van der Waals surface area contributed by atoms with Gasteiger partial charge in [0, 0.05) is 18.7 Å². The van der Waals surface area contributed by atoms with Gasteiger partial charge in [0.1, 0.15) is 5.75 Å². The zero-order chi connectivity index (χ0) is 22.1. The number of unbranched alkanes of at least 4 members (excludes halogenated alkanes) is 1. The van der Waals surface area contributed by atoms with Crippen LogP contribution in [-0.2, 0) is 10.8 Å². The first kappa shape index (κ1) is 25.7. The summed E-state index contributed by atoms with van der Waals surface area (Å²) in [4.78, 5) is 0. The summed E-state index contributed by atoms with van der Waals surface area (Å²) in [5, 5.41) is 7.27. The molecule has 0 amide bonds. The van der Waals surface area contributed by atoms with Gasteiger partial charge < -0.3 is 15.4 Å². The van der Waals surface area contributed by atoms with Gasteiger partial charge >= 0.3 is 0 Å². The van der Waals surface area contributed by atoms with Crippen molar-refractivity contribution in [2.75, 3.05) is 19.7 Å². The van der Waals surface area contributed by atoms with Crippen LogP contribution < -0.4 is 15.4 Å². The van der Waals surface area contributed by atoms with E-state index in [1.165, 1.54) is 11.1 Å². The molecule has 0 aromatic heterocycles. The molecule has 166 valence electrons. The van der Waals surface area contributed by atoms with Gasteiger partial charge in [-0.15, -0.1) is 0 Å². The quantitative estimate of drug-likeness (QED) is 0.305. The zero-order valence-corrected chi connectivity index (χ0v) is 20.9. The van der Waals surface area contributed by atoms with Crippen LogP contribution in [0.4, 0.5) is 0 Å². The molecule has 0 fully saturated rings. The number of ether oxygens (including phenoxy) is 1. The van der Waals surface area contributed by atoms with Crippen molar-refractivity contribution in [3.05, 3.63) is 29.3 Å². The number of thiocarbonyl (C=S) groups is 1. The molecule has 0 radical (unpaired) electrons. The highest BCUT2D eigenvalue weighted by molar-refractivity contribution is 7.80. The van der Waals surface area contributed by atoms with Crippen molar-refractivity contribution in [2.24, 2.45) is 5.92 Å². The highest BCUT2D eigenvalue weighted by Crippen LogP contribution is 2.38. The Kier molecular flexibility index (Phi) is 10.5. The summed E-state index contributed by atoms with van der Waals surface area (Å²) in [5.41, 5.74) is 3.02. The summed E-state index contributed by atoms with van der Waals surface area (Å²) in [7, 11) is 0. The second kappa shape index (κ2) is 11.8. The number of hydrogen-bond acceptors (Lipinski definition) is 2. The van der Waals surface area contributed by atoms with E-state index in [-0.39, 0.29) is 10.8 Å². The van der Waals surface area contributed by atoms with Crippen LogP contribution in [0.15, 0.2) is 18.2 Å². The summed E-state index contributed by atoms with van der Waals surface area (Å²) in [6, 6.07) is 6.81. The van der Waals surface area contributed by atoms with Gasteiger partial charge in [-0.1, -0.05) is 67.5 Å². The standard InChI is InChI=1S/C25H44N2OS/c1-9-24(5,6)20-13-14-22(21(17-20)25(7,8)10-2)28-16-12-11-15-26-23(29)27-18-19(3)4/h13-14,17,19H,9-12,15-16,18H2,1-8H3,(H2,26,27,29). The van der Waals surface area contributed by atoms with Crippen LogP contribution in [-0.4, -0.2) is 24.8 Å². The van der Waals surface area contributed by atoms with Crippen molar-refractivity contribution in [3.63, 3.8) is 0 Å². The third kappa shape index (κ3) is 8.54. The number of rotatable bonds is 12. The Labute approximate surface area is 185 Å². The monoisotopic (exact) mass is 420 g/mol. The van der Waals surface area contributed by atoms with Gasteiger partial charge in [-0.25, -0.2) is 0 Å². The van der Waals surface area contributed by atoms with Gasteiger partial charge in [0.15, 0.2) is 5.11 Å². The van der Waals surface area contributed by atoms with Crippen molar-refractivity contribution in [1.82, 2.24) is 10.6 Å². The van der Waals surface area contributed by atoms with Gasteiger partial charge in [0.2, 0.25) is 0 Å². The minimum absolute atomic E-state index is 0.102. The van der Waals surface area contributed by atoms with E-state index in [9.17, 15) is 0 Å². The maximum absolute atomic E-state index is 6.24. The number of hydrogen-bond donors (Lipinski definition) is 2. The summed E-state index contributed by atoms with van der Waals surface area (Å²) in [5.74, 6) is 1.63. The SMILES string of the molecule is CCC(C)(C)c1ccc(OCCCCNC(=S)NCC(C)C)c(C(C)(C)CC)c1. The Morgan fingerprint density at radius 1 is 1.00 bits per heavy atom. The summed E-state index contributed by atoms with van der Waals surface area (Å²) in [6.45, 7) is 20.7. The van der Waals surface area contributed by atoms with Gasteiger partial charge in [-0.05, 0) is 66.3 Å². The molecule has 0 spiro atoms. The minimum atomic E-state index is 0.102. The van der Waals surface area contributed by atoms with E-state index in [0.29, 0.717) is 5.92 Å². The van der Waals surface area contributed by atoms with E-state index in [1.54, 1.807) is 0 Å². The Bertz CT molecular complexity index is 638.